The van der Waals surface area contributed by atoms with Gasteiger partial charge in [0.2, 0.25) is 11.8 Å². The lowest BCUT2D eigenvalue weighted by atomic mass is 10.4. The summed E-state index contributed by atoms with van der Waals surface area (Å²) in [7, 11) is 1.82. The van der Waals surface area contributed by atoms with Gasteiger partial charge in [-0.25, -0.2) is 9.67 Å². The Kier molecular flexibility index (Phi) is 2.29. The van der Waals surface area contributed by atoms with Crippen LogP contribution in [0.2, 0.25) is 0 Å². The number of anilines is 1. The Balaban J connectivity index is 2.21. The fourth-order valence-electron chi connectivity index (χ4n) is 1.24. The Bertz CT molecular complexity index is 461. The zero-order valence-electron chi connectivity index (χ0n) is 8.64. The smallest absolute Gasteiger partial charge is 0.221 e. The van der Waals surface area contributed by atoms with Crippen molar-refractivity contribution in [2.24, 2.45) is 7.05 Å². The van der Waals surface area contributed by atoms with E-state index in [1.165, 1.54) is 0 Å². The molecule has 15 heavy (non-hydrogen) atoms. The van der Waals surface area contributed by atoms with Crippen LogP contribution in [0.15, 0.2) is 24.4 Å². The van der Waals surface area contributed by atoms with Crippen LogP contribution in [0, 0.1) is 6.92 Å². The summed E-state index contributed by atoms with van der Waals surface area (Å²) in [5, 5.41) is 4.16. The second-order valence-electron chi connectivity index (χ2n) is 3.28. The van der Waals surface area contributed by atoms with Crippen molar-refractivity contribution in [1.29, 1.82) is 0 Å². The van der Waals surface area contributed by atoms with Gasteiger partial charge in [0.25, 0.3) is 0 Å². The molecule has 0 saturated heterocycles. The summed E-state index contributed by atoms with van der Waals surface area (Å²) in [5.74, 6) is 1.16. The maximum absolute atomic E-state index is 5.52. The van der Waals surface area contributed by atoms with E-state index in [0.29, 0.717) is 17.4 Å². The van der Waals surface area contributed by atoms with Gasteiger partial charge in [-0.2, -0.15) is 5.10 Å². The number of aryl methyl sites for hydroxylation is 2. The molecular formula is C10H12N4O. The standard InChI is InChI=1S/C10H12N4O/c1-7-5-10(14(2)13-7)15-9-4-3-8(11)6-12-9/h3-6H,11H2,1-2H3. The maximum atomic E-state index is 5.52. The number of aromatic nitrogens is 3. The number of hydrogen-bond acceptors (Lipinski definition) is 4. The molecule has 2 rings (SSSR count). The van der Waals surface area contributed by atoms with E-state index in [2.05, 4.69) is 10.1 Å². The summed E-state index contributed by atoms with van der Waals surface area (Å²) in [5.41, 5.74) is 7.04. The minimum atomic E-state index is 0.507. The molecule has 0 radical (unpaired) electrons. The van der Waals surface area contributed by atoms with Gasteiger partial charge in [0.1, 0.15) is 0 Å². The average molecular weight is 204 g/mol. The molecule has 0 aliphatic heterocycles. The van der Waals surface area contributed by atoms with Crippen LogP contribution in [0.5, 0.6) is 11.8 Å². The molecule has 0 aromatic carbocycles. The summed E-state index contributed by atoms with van der Waals surface area (Å²) < 4.78 is 7.18. The van der Waals surface area contributed by atoms with Crippen molar-refractivity contribution < 1.29 is 4.74 Å². The number of rotatable bonds is 2. The van der Waals surface area contributed by atoms with Gasteiger partial charge in [0, 0.05) is 19.2 Å². The first kappa shape index (κ1) is 9.51. The Labute approximate surface area is 87.5 Å². The molecule has 2 N–H and O–H groups in total. The first-order chi connectivity index (χ1) is 7.15. The lowest BCUT2D eigenvalue weighted by Gasteiger charge is -2.03. The summed E-state index contributed by atoms with van der Waals surface area (Å²) >= 11 is 0. The molecule has 0 amide bonds. The van der Waals surface area contributed by atoms with Gasteiger partial charge in [-0.3, -0.25) is 0 Å². The molecule has 0 aliphatic rings. The van der Waals surface area contributed by atoms with Crippen LogP contribution < -0.4 is 10.5 Å². The lowest BCUT2D eigenvalue weighted by molar-refractivity contribution is 0.415. The SMILES string of the molecule is Cc1cc(Oc2ccc(N)cn2)n(C)n1. The zero-order valence-corrected chi connectivity index (χ0v) is 8.64. The Morgan fingerprint density at radius 1 is 1.40 bits per heavy atom. The summed E-state index contributed by atoms with van der Waals surface area (Å²) in [6.45, 7) is 1.91. The van der Waals surface area contributed by atoms with Crippen molar-refractivity contribution in [3.63, 3.8) is 0 Å². The first-order valence-corrected chi connectivity index (χ1v) is 4.55. The number of pyridine rings is 1. The minimum absolute atomic E-state index is 0.507. The molecule has 0 bridgehead atoms. The Morgan fingerprint density at radius 2 is 2.20 bits per heavy atom. The van der Waals surface area contributed by atoms with Crippen LogP contribution in [0.25, 0.3) is 0 Å². The average Bonchev–Trinajstić information content (AvgIpc) is 2.49. The number of ether oxygens (including phenoxy) is 1. The third kappa shape index (κ3) is 2.07. The van der Waals surface area contributed by atoms with Crippen LogP contribution in [-0.4, -0.2) is 14.8 Å². The van der Waals surface area contributed by atoms with Crippen LogP contribution >= 0.6 is 0 Å². The normalized spacial score (nSPS) is 10.3. The highest BCUT2D eigenvalue weighted by atomic mass is 16.5. The molecule has 5 nitrogen and oxygen atoms in total. The molecule has 5 heteroatoms. The fourth-order valence-corrected chi connectivity index (χ4v) is 1.24. The van der Waals surface area contributed by atoms with Crippen molar-refractivity contribution in [2.75, 3.05) is 5.73 Å². The maximum Gasteiger partial charge on any atom is 0.221 e. The van der Waals surface area contributed by atoms with Gasteiger partial charge >= 0.3 is 0 Å². The van der Waals surface area contributed by atoms with Crippen LogP contribution in [-0.2, 0) is 7.05 Å². The molecule has 2 aromatic rings. The Hall–Kier alpha value is -2.04. The molecule has 0 fully saturated rings. The van der Waals surface area contributed by atoms with E-state index in [1.54, 1.807) is 23.0 Å². The summed E-state index contributed by atoms with van der Waals surface area (Å²) in [4.78, 5) is 4.04. The third-order valence-electron chi connectivity index (χ3n) is 1.93. The summed E-state index contributed by atoms with van der Waals surface area (Å²) in [6.07, 6.45) is 1.55. The highest BCUT2D eigenvalue weighted by molar-refractivity contribution is 5.36. The molecule has 0 saturated carbocycles. The molecule has 0 unspecified atom stereocenters. The van der Waals surface area contributed by atoms with E-state index >= 15 is 0 Å². The highest BCUT2D eigenvalue weighted by Crippen LogP contribution is 2.19. The van der Waals surface area contributed by atoms with Crippen molar-refractivity contribution >= 4 is 5.69 Å². The van der Waals surface area contributed by atoms with E-state index in [1.807, 2.05) is 20.0 Å². The van der Waals surface area contributed by atoms with Crippen LogP contribution in [0.1, 0.15) is 5.69 Å². The highest BCUT2D eigenvalue weighted by Gasteiger charge is 2.04. The first-order valence-electron chi connectivity index (χ1n) is 4.55. The van der Waals surface area contributed by atoms with E-state index in [-0.39, 0.29) is 0 Å². The van der Waals surface area contributed by atoms with Crippen molar-refractivity contribution in [3.8, 4) is 11.8 Å². The number of nitrogen functional groups attached to an aromatic ring is 1. The summed E-state index contributed by atoms with van der Waals surface area (Å²) in [6, 6.07) is 5.31. The fraction of sp³-hybridized carbons (Fsp3) is 0.200. The van der Waals surface area contributed by atoms with E-state index in [4.69, 9.17) is 10.5 Å². The molecule has 0 spiro atoms. The van der Waals surface area contributed by atoms with Crippen molar-refractivity contribution in [3.05, 3.63) is 30.1 Å². The van der Waals surface area contributed by atoms with Crippen LogP contribution in [0.3, 0.4) is 0 Å². The zero-order chi connectivity index (χ0) is 10.8. The second kappa shape index (κ2) is 3.61. The van der Waals surface area contributed by atoms with Crippen molar-refractivity contribution in [2.45, 2.75) is 6.92 Å². The monoisotopic (exact) mass is 204 g/mol. The topological polar surface area (TPSA) is 66.0 Å². The predicted molar refractivity (Wildman–Crippen MR) is 56.7 cm³/mol. The van der Waals surface area contributed by atoms with Crippen molar-refractivity contribution in [1.82, 2.24) is 14.8 Å². The van der Waals surface area contributed by atoms with E-state index in [0.717, 1.165) is 5.69 Å². The molecule has 78 valence electrons. The van der Waals surface area contributed by atoms with E-state index < -0.39 is 0 Å². The number of nitrogens with two attached hydrogens (primary N) is 1. The Morgan fingerprint density at radius 3 is 2.73 bits per heavy atom. The molecule has 0 aliphatic carbocycles. The minimum Gasteiger partial charge on any atom is -0.421 e. The van der Waals surface area contributed by atoms with Gasteiger partial charge in [0.15, 0.2) is 0 Å². The van der Waals surface area contributed by atoms with Gasteiger partial charge in [-0.05, 0) is 13.0 Å². The molecule has 2 heterocycles. The lowest BCUT2D eigenvalue weighted by Crippen LogP contribution is -1.96. The third-order valence-corrected chi connectivity index (χ3v) is 1.93. The van der Waals surface area contributed by atoms with Gasteiger partial charge in [-0.1, -0.05) is 0 Å². The van der Waals surface area contributed by atoms with Gasteiger partial charge in [-0.15, -0.1) is 0 Å². The largest absolute Gasteiger partial charge is 0.421 e. The quantitative estimate of drug-likeness (QED) is 0.805. The predicted octanol–water partition coefficient (Wildman–Crippen LogP) is 1.50. The molecule has 2 aromatic heterocycles. The molecular weight excluding hydrogens is 192 g/mol. The second-order valence-corrected chi connectivity index (χ2v) is 3.28. The number of nitrogens with zero attached hydrogens (tertiary/aromatic N) is 3. The van der Waals surface area contributed by atoms with Crippen LogP contribution in [0.4, 0.5) is 5.69 Å². The van der Waals surface area contributed by atoms with Gasteiger partial charge in [0.05, 0.1) is 17.6 Å². The van der Waals surface area contributed by atoms with E-state index in [9.17, 15) is 0 Å². The molecule has 0 atom stereocenters. The van der Waals surface area contributed by atoms with Gasteiger partial charge < -0.3 is 10.5 Å². The number of hydrogen-bond donors (Lipinski definition) is 1.